The van der Waals surface area contributed by atoms with Gasteiger partial charge in [-0.25, -0.2) is 6.92 Å². The molecule has 0 rings (SSSR count). The molecule has 0 bridgehead atoms. The summed E-state index contributed by atoms with van der Waals surface area (Å²) in [6.07, 6.45) is 0.0856. The fourth-order valence-corrected chi connectivity index (χ4v) is 0.293. The van der Waals surface area contributed by atoms with Crippen LogP contribution in [-0.2, 0) is 9.53 Å². The first-order valence-electron chi connectivity index (χ1n) is 2.53. The van der Waals surface area contributed by atoms with E-state index in [0.29, 0.717) is 0 Å². The van der Waals surface area contributed by atoms with E-state index in [0.717, 1.165) is 0 Å². The summed E-state index contributed by atoms with van der Waals surface area (Å²) in [5, 5.41) is 0. The molecule has 0 unspecified atom stereocenters. The van der Waals surface area contributed by atoms with Gasteiger partial charge in [-0.3, -0.25) is 4.79 Å². The number of hydrogen-bond acceptors (Lipinski definition) is 2. The van der Waals surface area contributed by atoms with E-state index in [4.69, 9.17) is 0 Å². The maximum absolute atomic E-state index is 10.4. The SMILES string of the molecule is [CH2+]C([CH2+])([CH2-])OC(=O)C[CH2-]. The monoisotopic (exact) mass is 126 g/mol. The molecule has 50 valence electrons. The topological polar surface area (TPSA) is 26.3 Å². The van der Waals surface area contributed by atoms with Crippen LogP contribution in [0.2, 0.25) is 0 Å². The van der Waals surface area contributed by atoms with Crippen LogP contribution in [0.4, 0.5) is 0 Å². The van der Waals surface area contributed by atoms with Gasteiger partial charge in [0.05, 0.1) is 0 Å². The van der Waals surface area contributed by atoms with E-state index in [1.807, 2.05) is 0 Å². The Balaban J connectivity index is 3.60. The summed E-state index contributed by atoms with van der Waals surface area (Å²) in [4.78, 5) is 10.4. The summed E-state index contributed by atoms with van der Waals surface area (Å²) in [5.74, 6) is -0.435. The van der Waals surface area contributed by atoms with Gasteiger partial charge in [0.1, 0.15) is 13.8 Å². The molecule has 0 spiro atoms. The minimum atomic E-state index is -1.12. The van der Waals surface area contributed by atoms with E-state index in [-0.39, 0.29) is 6.42 Å². The summed E-state index contributed by atoms with van der Waals surface area (Å²) in [5.41, 5.74) is -1.12. The molecule has 0 aromatic rings. The Morgan fingerprint density at radius 1 is 1.67 bits per heavy atom. The molecule has 2 nitrogen and oxygen atoms in total. The molecule has 0 aromatic carbocycles. The smallest absolute Gasteiger partial charge is 0.280 e. The van der Waals surface area contributed by atoms with E-state index in [2.05, 4.69) is 32.4 Å². The number of carbonyl (C=O) groups is 1. The lowest BCUT2D eigenvalue weighted by Gasteiger charge is -2.12. The minimum Gasteiger partial charge on any atom is -0.409 e. The fourth-order valence-electron chi connectivity index (χ4n) is 0.293. The van der Waals surface area contributed by atoms with Crippen molar-refractivity contribution in [2.45, 2.75) is 12.0 Å². The molecular formula is C7H10O2. The Labute approximate surface area is 56.2 Å². The van der Waals surface area contributed by atoms with Crippen molar-refractivity contribution in [1.82, 2.24) is 0 Å². The quantitative estimate of drug-likeness (QED) is 0.407. The number of hydrogen-bond donors (Lipinski definition) is 0. The van der Waals surface area contributed by atoms with Gasteiger partial charge < -0.3 is 11.7 Å². The first-order valence-corrected chi connectivity index (χ1v) is 2.53. The predicted molar refractivity (Wildman–Crippen MR) is 34.9 cm³/mol. The second kappa shape index (κ2) is 2.67. The molecule has 0 saturated carbocycles. The van der Waals surface area contributed by atoms with Gasteiger partial charge in [0.15, 0.2) is 0 Å². The second-order valence-electron chi connectivity index (χ2n) is 1.91. The van der Waals surface area contributed by atoms with Crippen LogP contribution in [0.1, 0.15) is 6.42 Å². The van der Waals surface area contributed by atoms with Crippen molar-refractivity contribution < 1.29 is 9.53 Å². The Morgan fingerprint density at radius 2 is 2.11 bits per heavy atom. The average Bonchev–Trinajstić information content (AvgIpc) is 1.62. The lowest BCUT2D eigenvalue weighted by atomic mass is 10.2. The van der Waals surface area contributed by atoms with Gasteiger partial charge in [0.2, 0.25) is 0 Å². The van der Waals surface area contributed by atoms with Crippen LogP contribution in [0.5, 0.6) is 0 Å². The average molecular weight is 126 g/mol. The van der Waals surface area contributed by atoms with Gasteiger partial charge in [-0.15, -0.1) is 0 Å². The van der Waals surface area contributed by atoms with Crippen molar-refractivity contribution in [2.24, 2.45) is 0 Å². The highest BCUT2D eigenvalue weighted by Crippen LogP contribution is 2.05. The maximum atomic E-state index is 10.4. The molecule has 0 amide bonds. The predicted octanol–water partition coefficient (Wildman–Crippen LogP) is 0.995. The van der Waals surface area contributed by atoms with Gasteiger partial charge in [-0.05, 0) is 0 Å². The normalized spacial score (nSPS) is 10.9. The molecule has 0 aliphatic rings. The van der Waals surface area contributed by atoms with Crippen molar-refractivity contribution in [3.05, 3.63) is 27.7 Å². The molecule has 0 saturated heterocycles. The van der Waals surface area contributed by atoms with Crippen molar-refractivity contribution in [1.29, 1.82) is 0 Å². The summed E-state index contributed by atoms with van der Waals surface area (Å²) in [6, 6.07) is 0. The molecule has 0 fully saturated rings. The summed E-state index contributed by atoms with van der Waals surface area (Å²) >= 11 is 0. The number of carbonyl (C=O) groups excluding carboxylic acids is 1. The van der Waals surface area contributed by atoms with Crippen LogP contribution in [0, 0.1) is 27.7 Å². The summed E-state index contributed by atoms with van der Waals surface area (Å²) < 4.78 is 4.55. The molecule has 0 heterocycles. The van der Waals surface area contributed by atoms with Crippen LogP contribution < -0.4 is 0 Å². The van der Waals surface area contributed by atoms with Gasteiger partial charge in [-0.2, -0.15) is 0 Å². The van der Waals surface area contributed by atoms with Crippen LogP contribution in [0.25, 0.3) is 0 Å². The number of esters is 1. The Hall–Kier alpha value is -0.790. The van der Waals surface area contributed by atoms with E-state index in [9.17, 15) is 4.79 Å². The number of ether oxygens (including phenoxy) is 1. The molecule has 0 aromatic heterocycles. The van der Waals surface area contributed by atoms with Crippen molar-refractivity contribution in [3.63, 3.8) is 0 Å². The molecular weight excluding hydrogens is 116 g/mol. The number of rotatable bonds is 2. The molecule has 0 aliphatic carbocycles. The first kappa shape index (κ1) is 8.21. The summed E-state index contributed by atoms with van der Waals surface area (Å²) in [6.45, 7) is 13.4. The molecule has 0 aliphatic heterocycles. The van der Waals surface area contributed by atoms with Crippen molar-refractivity contribution in [3.8, 4) is 0 Å². The van der Waals surface area contributed by atoms with Crippen molar-refractivity contribution in [2.75, 3.05) is 0 Å². The highest BCUT2D eigenvalue weighted by atomic mass is 16.6. The van der Waals surface area contributed by atoms with E-state index < -0.39 is 11.6 Å². The zero-order chi connectivity index (χ0) is 7.49. The largest absolute Gasteiger partial charge is 0.409 e. The van der Waals surface area contributed by atoms with Gasteiger partial charge >= 0.3 is 0 Å². The highest BCUT2D eigenvalue weighted by Gasteiger charge is 2.21. The van der Waals surface area contributed by atoms with E-state index >= 15 is 0 Å². The molecule has 0 N–H and O–H groups in total. The summed E-state index contributed by atoms with van der Waals surface area (Å²) in [7, 11) is 0. The Kier molecular flexibility index (Phi) is 2.43. The van der Waals surface area contributed by atoms with Gasteiger partial charge in [0.25, 0.3) is 11.6 Å². The first-order chi connectivity index (χ1) is 3.95. The zero-order valence-electron chi connectivity index (χ0n) is 5.35. The fraction of sp³-hybridized carbons (Fsp3) is 0.286. The molecule has 2 heteroatoms. The minimum absolute atomic E-state index is 0.0856. The van der Waals surface area contributed by atoms with Crippen LogP contribution in [-0.4, -0.2) is 11.6 Å². The highest BCUT2D eigenvalue weighted by molar-refractivity contribution is 5.70. The van der Waals surface area contributed by atoms with Crippen LogP contribution in [0.3, 0.4) is 0 Å². The molecule has 9 heavy (non-hydrogen) atoms. The second-order valence-corrected chi connectivity index (χ2v) is 1.91. The lowest BCUT2D eigenvalue weighted by molar-refractivity contribution is -0.148. The van der Waals surface area contributed by atoms with Gasteiger partial charge in [0, 0.05) is 0 Å². The lowest BCUT2D eigenvalue weighted by Crippen LogP contribution is -2.24. The van der Waals surface area contributed by atoms with Gasteiger partial charge in [-0.1, -0.05) is 6.42 Å². The zero-order valence-corrected chi connectivity index (χ0v) is 5.35. The van der Waals surface area contributed by atoms with Crippen LogP contribution >= 0.6 is 0 Å². The Bertz CT molecular complexity index is 100.0. The van der Waals surface area contributed by atoms with E-state index in [1.54, 1.807) is 0 Å². The molecule has 0 atom stereocenters. The third kappa shape index (κ3) is 5.07. The third-order valence-electron chi connectivity index (χ3n) is 0.534. The maximum Gasteiger partial charge on any atom is 0.280 e. The standard InChI is InChI=1S/C7H10O2/c1-5-6(8)9-7(2,3)4/h1-5H2. The Morgan fingerprint density at radius 3 is 2.22 bits per heavy atom. The van der Waals surface area contributed by atoms with Crippen molar-refractivity contribution >= 4 is 5.97 Å². The third-order valence-corrected chi connectivity index (χ3v) is 0.534. The molecule has 0 radical (unpaired) electrons. The van der Waals surface area contributed by atoms with Crippen LogP contribution in [0.15, 0.2) is 0 Å². The van der Waals surface area contributed by atoms with E-state index in [1.165, 1.54) is 0 Å².